The molecule has 3 N–H and O–H groups in total. The van der Waals surface area contributed by atoms with E-state index in [0.29, 0.717) is 16.2 Å². The molecule has 1 aromatic carbocycles. The Morgan fingerprint density at radius 3 is 2.47 bits per heavy atom. The summed E-state index contributed by atoms with van der Waals surface area (Å²) in [5.74, 6) is -5.33. The van der Waals surface area contributed by atoms with Crippen molar-refractivity contribution in [1.82, 2.24) is 4.90 Å². The Morgan fingerprint density at radius 2 is 1.83 bits per heavy atom. The lowest BCUT2D eigenvalue weighted by atomic mass is 9.59. The number of allylic oxidation sites excluding steroid dienone is 6. The number of ether oxygens (including phenoxy) is 2. The van der Waals surface area contributed by atoms with Crippen LogP contribution in [0.25, 0.3) is 0 Å². The first kappa shape index (κ1) is 24.0. The van der Waals surface area contributed by atoms with Crippen LogP contribution in [0.4, 0.5) is 4.79 Å². The number of benzene rings is 1. The Kier molecular flexibility index (Phi) is 5.62. The van der Waals surface area contributed by atoms with Crippen LogP contribution in [-0.2, 0) is 19.2 Å². The third-order valence-electron chi connectivity index (χ3n) is 7.39. The van der Waals surface area contributed by atoms with Gasteiger partial charge in [0.15, 0.2) is 11.6 Å². The number of Topliss-reactive ketones (excluding diaryl/α,β-unsaturated/α-hetero) is 1. The van der Waals surface area contributed by atoms with Crippen LogP contribution in [0.1, 0.15) is 24.3 Å². The van der Waals surface area contributed by atoms with Crippen molar-refractivity contribution in [3.8, 4) is 17.2 Å². The number of phenolic OH excluding ortho intramolecular Hbond substituents is 1. The average molecular weight is 557 g/mol. The highest BCUT2D eigenvalue weighted by molar-refractivity contribution is 9.12. The maximum absolute atomic E-state index is 13.3. The maximum Gasteiger partial charge on any atom is 0.328 e. The van der Waals surface area contributed by atoms with Gasteiger partial charge >= 0.3 is 6.03 Å². The number of phenols is 1. The number of urea groups is 1. The summed E-state index contributed by atoms with van der Waals surface area (Å²) in [7, 11) is 2.82. The molecule has 0 unspecified atom stereocenters. The number of carbonyl (C=O) groups is 5. The molecule has 36 heavy (non-hydrogen) atoms. The van der Waals surface area contributed by atoms with Gasteiger partial charge in [-0.2, -0.15) is 4.90 Å². The van der Waals surface area contributed by atoms with E-state index in [4.69, 9.17) is 15.2 Å². The number of amides is 4. The van der Waals surface area contributed by atoms with E-state index in [1.165, 1.54) is 26.4 Å². The highest BCUT2D eigenvalue weighted by Crippen LogP contribution is 2.57. The number of hydrogen-bond donors (Lipinski definition) is 2. The average Bonchev–Trinajstić information content (AvgIpc) is 3.10. The Hall–Kier alpha value is -3.73. The first-order chi connectivity index (χ1) is 17.1. The quantitative estimate of drug-likeness (QED) is 0.326. The van der Waals surface area contributed by atoms with Crippen molar-refractivity contribution < 1.29 is 38.6 Å². The zero-order valence-corrected chi connectivity index (χ0v) is 20.8. The molecule has 4 aliphatic rings. The number of methoxy groups -OCH3 is 2. The number of ketones is 2. The second kappa shape index (κ2) is 8.44. The molecule has 186 valence electrons. The van der Waals surface area contributed by atoms with Crippen molar-refractivity contribution in [2.45, 2.75) is 18.8 Å². The highest BCUT2D eigenvalue weighted by Gasteiger charge is 2.58. The minimum atomic E-state index is -1.16. The second-order valence-corrected chi connectivity index (χ2v) is 9.86. The molecule has 11 heteroatoms. The third-order valence-corrected chi connectivity index (χ3v) is 7.98. The van der Waals surface area contributed by atoms with E-state index >= 15 is 0 Å². The Balaban J connectivity index is 1.75. The van der Waals surface area contributed by atoms with Crippen molar-refractivity contribution in [2.75, 3.05) is 14.2 Å². The van der Waals surface area contributed by atoms with Crippen LogP contribution in [-0.4, -0.2) is 53.6 Å². The lowest BCUT2D eigenvalue weighted by Gasteiger charge is -2.42. The van der Waals surface area contributed by atoms with E-state index < -0.39 is 53.1 Å². The van der Waals surface area contributed by atoms with Gasteiger partial charge in [-0.05, 0) is 34.7 Å². The zero-order chi connectivity index (χ0) is 26.0. The van der Waals surface area contributed by atoms with E-state index in [1.54, 1.807) is 12.1 Å². The number of imide groups is 3. The SMILES string of the molecule is COc1cc(O)c([C@H]2C3=CC[C@@H]4C(=O)N(C(N)=O)C(=O)[C@@H]4[C@@H]3CC3=C2C(=O)C=C(Br)C3=O)c(OC)c1. The molecule has 0 saturated carbocycles. The minimum absolute atomic E-state index is 0.0111. The van der Waals surface area contributed by atoms with Gasteiger partial charge < -0.3 is 20.3 Å². The van der Waals surface area contributed by atoms with Crippen LogP contribution in [0.2, 0.25) is 0 Å². The van der Waals surface area contributed by atoms with Gasteiger partial charge in [-0.3, -0.25) is 19.2 Å². The standard InChI is InChI=1S/C25H21BrN2O8/c1-35-9-5-15(29)21(17(6-9)36-2)20-10-3-4-11-18(24(33)28(23(11)32)25(27)34)12(10)7-13-19(20)16(30)8-14(26)22(13)31/h3,5-6,8,11-12,18,20,29H,4,7H2,1-2H3,(H2,27,34)/t11-,12+,18-,20-/m0/s1. The number of carbonyl (C=O) groups excluding carboxylic acids is 5. The van der Waals surface area contributed by atoms with Gasteiger partial charge in [-0.1, -0.05) is 11.6 Å². The molecule has 1 saturated heterocycles. The zero-order valence-electron chi connectivity index (χ0n) is 19.2. The molecule has 0 bridgehead atoms. The molecule has 0 spiro atoms. The topological polar surface area (TPSA) is 153 Å². The van der Waals surface area contributed by atoms with Crippen LogP contribution >= 0.6 is 15.9 Å². The monoisotopic (exact) mass is 556 g/mol. The van der Waals surface area contributed by atoms with Gasteiger partial charge in [0.1, 0.15) is 17.2 Å². The molecule has 4 amide bonds. The molecule has 3 aliphatic carbocycles. The molecule has 0 radical (unpaired) electrons. The molecule has 0 aromatic heterocycles. The number of rotatable bonds is 3. The summed E-state index contributed by atoms with van der Waals surface area (Å²) in [4.78, 5) is 64.9. The number of nitrogens with two attached hydrogens (primary N) is 1. The molecular weight excluding hydrogens is 536 g/mol. The highest BCUT2D eigenvalue weighted by atomic mass is 79.9. The molecule has 1 fully saturated rings. The fourth-order valence-corrected chi connectivity index (χ4v) is 6.37. The molecule has 5 rings (SSSR count). The van der Waals surface area contributed by atoms with Gasteiger partial charge in [0.2, 0.25) is 11.8 Å². The van der Waals surface area contributed by atoms with Crippen LogP contribution in [0.15, 0.2) is 45.5 Å². The van der Waals surface area contributed by atoms with Crippen molar-refractivity contribution in [3.63, 3.8) is 0 Å². The number of fused-ring (bicyclic) bond motifs is 3. The largest absolute Gasteiger partial charge is 0.507 e. The molecule has 1 aliphatic heterocycles. The summed E-state index contributed by atoms with van der Waals surface area (Å²) in [6.45, 7) is 0. The van der Waals surface area contributed by atoms with Crippen LogP contribution < -0.4 is 15.2 Å². The maximum atomic E-state index is 13.3. The fraction of sp³-hybridized carbons (Fsp3) is 0.320. The predicted octanol–water partition coefficient (Wildman–Crippen LogP) is 2.25. The Bertz CT molecular complexity index is 1370. The summed E-state index contributed by atoms with van der Waals surface area (Å²) in [5.41, 5.74) is 6.49. The van der Waals surface area contributed by atoms with Crippen molar-refractivity contribution in [1.29, 1.82) is 0 Å². The smallest absolute Gasteiger partial charge is 0.328 e. The number of nitrogens with zero attached hydrogens (tertiary/aromatic N) is 1. The van der Waals surface area contributed by atoms with E-state index in [-0.39, 0.29) is 45.5 Å². The fourth-order valence-electron chi connectivity index (χ4n) is 5.92. The van der Waals surface area contributed by atoms with Crippen LogP contribution in [0.5, 0.6) is 17.2 Å². The molecule has 1 heterocycles. The van der Waals surface area contributed by atoms with Crippen molar-refractivity contribution >= 4 is 45.3 Å². The van der Waals surface area contributed by atoms with Gasteiger partial charge in [-0.25, -0.2) is 4.79 Å². The summed E-state index contributed by atoms with van der Waals surface area (Å²) in [6.07, 6.45) is 3.08. The van der Waals surface area contributed by atoms with Crippen LogP contribution in [0.3, 0.4) is 0 Å². The number of halogens is 1. The molecule has 4 atom stereocenters. The number of hydrogen-bond acceptors (Lipinski definition) is 8. The van der Waals surface area contributed by atoms with E-state index in [1.807, 2.05) is 0 Å². The van der Waals surface area contributed by atoms with Crippen LogP contribution in [0, 0.1) is 17.8 Å². The summed E-state index contributed by atoms with van der Waals surface area (Å²) < 4.78 is 10.8. The third kappa shape index (κ3) is 3.25. The molecule has 10 nitrogen and oxygen atoms in total. The second-order valence-electron chi connectivity index (χ2n) is 9.01. The number of primary amides is 1. The van der Waals surface area contributed by atoms with Gasteiger partial charge in [0.05, 0.1) is 30.5 Å². The minimum Gasteiger partial charge on any atom is -0.507 e. The van der Waals surface area contributed by atoms with Gasteiger partial charge in [-0.15, -0.1) is 0 Å². The van der Waals surface area contributed by atoms with Crippen molar-refractivity contribution in [2.24, 2.45) is 23.5 Å². The first-order valence-electron chi connectivity index (χ1n) is 11.1. The molecular formula is C25H21BrN2O8. The van der Waals surface area contributed by atoms with E-state index in [2.05, 4.69) is 15.9 Å². The Labute approximate surface area is 213 Å². The predicted molar refractivity (Wildman–Crippen MR) is 127 cm³/mol. The lowest BCUT2D eigenvalue weighted by molar-refractivity contribution is -0.136. The molecule has 1 aromatic rings. The lowest BCUT2D eigenvalue weighted by Crippen LogP contribution is -2.42. The Morgan fingerprint density at radius 1 is 1.11 bits per heavy atom. The van der Waals surface area contributed by atoms with Gasteiger partial charge in [0, 0.05) is 40.8 Å². The summed E-state index contributed by atoms with van der Waals surface area (Å²) in [5, 5.41) is 11.0. The summed E-state index contributed by atoms with van der Waals surface area (Å²) >= 11 is 3.15. The number of likely N-dealkylation sites (tertiary alicyclic amines) is 1. The van der Waals surface area contributed by atoms with Gasteiger partial charge in [0.25, 0.3) is 0 Å². The number of aromatic hydroxyl groups is 1. The van der Waals surface area contributed by atoms with E-state index in [0.717, 1.165) is 0 Å². The van der Waals surface area contributed by atoms with Crippen molar-refractivity contribution in [3.05, 3.63) is 51.0 Å². The summed E-state index contributed by atoms with van der Waals surface area (Å²) in [6, 6.07) is 1.76. The van der Waals surface area contributed by atoms with E-state index in [9.17, 15) is 29.1 Å². The normalized spacial score (nSPS) is 27.2. The first-order valence-corrected chi connectivity index (χ1v) is 11.9.